The predicted molar refractivity (Wildman–Crippen MR) is 101 cm³/mol. The second kappa shape index (κ2) is 7.01. The molecule has 0 fully saturated rings. The van der Waals surface area contributed by atoms with E-state index in [4.69, 9.17) is 9.15 Å². The number of amides is 1. The van der Waals surface area contributed by atoms with Gasteiger partial charge in [0.1, 0.15) is 0 Å². The van der Waals surface area contributed by atoms with Crippen molar-refractivity contribution in [2.24, 2.45) is 0 Å². The molecule has 0 atom stereocenters. The first-order valence-corrected chi connectivity index (χ1v) is 9.44. The van der Waals surface area contributed by atoms with Crippen LogP contribution in [0, 0.1) is 6.92 Å². The Hall–Kier alpha value is -2.91. The molecule has 1 N–H and O–H groups in total. The van der Waals surface area contributed by atoms with Crippen molar-refractivity contribution in [3.05, 3.63) is 47.8 Å². The van der Waals surface area contributed by atoms with E-state index in [-0.39, 0.29) is 16.2 Å². The van der Waals surface area contributed by atoms with Gasteiger partial charge in [-0.05, 0) is 30.7 Å². The normalized spacial score (nSPS) is 11.7. The van der Waals surface area contributed by atoms with E-state index in [1.807, 2.05) is 6.92 Å². The van der Waals surface area contributed by atoms with Gasteiger partial charge in [-0.2, -0.15) is 0 Å². The number of rotatable bonds is 5. The van der Waals surface area contributed by atoms with E-state index in [1.165, 1.54) is 27.3 Å². The third-order valence-corrected chi connectivity index (χ3v) is 5.76. The Bertz CT molecular complexity index is 1120. The minimum atomic E-state index is -3.80. The van der Waals surface area contributed by atoms with Crippen molar-refractivity contribution < 1.29 is 22.4 Å². The minimum Gasteiger partial charge on any atom is -0.493 e. The van der Waals surface area contributed by atoms with Crippen molar-refractivity contribution in [2.75, 3.05) is 26.5 Å². The molecule has 8 nitrogen and oxygen atoms in total. The average Bonchev–Trinajstić information content (AvgIpc) is 3.08. The molecular weight excluding hydrogens is 370 g/mol. The van der Waals surface area contributed by atoms with Gasteiger partial charge in [-0.15, -0.1) is 0 Å². The highest BCUT2D eigenvalue weighted by Crippen LogP contribution is 2.34. The maximum absolute atomic E-state index is 12.8. The molecule has 2 heterocycles. The number of aromatic nitrogens is 1. The van der Waals surface area contributed by atoms with Crippen LogP contribution in [0.5, 0.6) is 5.75 Å². The van der Waals surface area contributed by atoms with Crippen molar-refractivity contribution in [1.29, 1.82) is 0 Å². The van der Waals surface area contributed by atoms with Gasteiger partial charge < -0.3 is 14.5 Å². The summed E-state index contributed by atoms with van der Waals surface area (Å²) >= 11 is 0. The molecule has 0 unspecified atom stereocenters. The van der Waals surface area contributed by atoms with Gasteiger partial charge in [-0.1, -0.05) is 0 Å². The molecule has 0 radical (unpaired) electrons. The molecule has 3 aromatic rings. The molecule has 2 aromatic heterocycles. The number of benzene rings is 1. The molecule has 0 bridgehead atoms. The van der Waals surface area contributed by atoms with Crippen LogP contribution in [0.15, 0.2) is 46.2 Å². The molecule has 0 aliphatic heterocycles. The predicted octanol–water partition coefficient (Wildman–Crippen LogP) is 2.65. The maximum atomic E-state index is 12.8. The van der Waals surface area contributed by atoms with E-state index in [9.17, 15) is 13.2 Å². The largest absolute Gasteiger partial charge is 0.493 e. The number of fused-ring (bicyclic) bond motifs is 1. The molecular formula is C18H19N3O5S. The lowest BCUT2D eigenvalue weighted by Crippen LogP contribution is -2.21. The zero-order valence-electron chi connectivity index (χ0n) is 15.3. The van der Waals surface area contributed by atoms with Crippen LogP contribution in [0.2, 0.25) is 0 Å². The highest BCUT2D eigenvalue weighted by molar-refractivity contribution is 7.89. The molecule has 0 spiro atoms. The van der Waals surface area contributed by atoms with Crippen LogP contribution in [0.3, 0.4) is 0 Å². The topological polar surface area (TPSA) is 102 Å². The Morgan fingerprint density at radius 1 is 1.26 bits per heavy atom. The zero-order chi connectivity index (χ0) is 19.8. The number of aryl methyl sites for hydroxylation is 1. The van der Waals surface area contributed by atoms with E-state index >= 15 is 0 Å². The van der Waals surface area contributed by atoms with E-state index in [1.54, 1.807) is 30.6 Å². The highest BCUT2D eigenvalue weighted by Gasteiger charge is 2.26. The Balaban J connectivity index is 2.12. The Morgan fingerprint density at radius 2 is 2.00 bits per heavy atom. The third kappa shape index (κ3) is 3.38. The number of nitrogens with one attached hydrogen (secondary N) is 1. The number of methoxy groups -OCH3 is 1. The van der Waals surface area contributed by atoms with Crippen LogP contribution in [0.25, 0.3) is 11.0 Å². The summed E-state index contributed by atoms with van der Waals surface area (Å²) in [6, 6.07) is 6.15. The number of ether oxygens (including phenoxy) is 1. The monoisotopic (exact) mass is 389 g/mol. The van der Waals surface area contributed by atoms with Crippen LogP contribution < -0.4 is 10.1 Å². The van der Waals surface area contributed by atoms with E-state index in [2.05, 4.69) is 10.3 Å². The summed E-state index contributed by atoms with van der Waals surface area (Å²) in [5, 5.41) is 2.89. The van der Waals surface area contributed by atoms with Crippen LogP contribution in [-0.4, -0.2) is 44.8 Å². The van der Waals surface area contributed by atoms with Gasteiger partial charge in [0, 0.05) is 43.6 Å². The molecule has 3 rings (SSSR count). The summed E-state index contributed by atoms with van der Waals surface area (Å²) in [5.74, 6) is -0.0617. The number of carbonyl (C=O) groups excluding carboxylic acids is 1. The van der Waals surface area contributed by atoms with E-state index in [0.29, 0.717) is 16.8 Å². The molecule has 1 amide bonds. The molecule has 0 saturated heterocycles. The summed E-state index contributed by atoms with van der Waals surface area (Å²) < 4.78 is 36.6. The first kappa shape index (κ1) is 18.9. The Kier molecular flexibility index (Phi) is 4.90. The summed E-state index contributed by atoms with van der Waals surface area (Å²) in [6.07, 6.45) is 3.21. The lowest BCUT2D eigenvalue weighted by Gasteiger charge is -2.09. The number of anilines is 1. The minimum absolute atomic E-state index is 0.192. The fraction of sp³-hybridized carbons (Fsp3) is 0.222. The fourth-order valence-corrected chi connectivity index (χ4v) is 3.36. The lowest BCUT2D eigenvalue weighted by atomic mass is 10.1. The van der Waals surface area contributed by atoms with Gasteiger partial charge in [0.15, 0.2) is 11.3 Å². The third-order valence-electron chi connectivity index (χ3n) is 4.09. The van der Waals surface area contributed by atoms with Crippen LogP contribution >= 0.6 is 0 Å². The second-order valence-electron chi connectivity index (χ2n) is 6.06. The van der Waals surface area contributed by atoms with Gasteiger partial charge in [0.2, 0.25) is 5.09 Å². The lowest BCUT2D eigenvalue weighted by molar-refractivity contribution is 0.102. The van der Waals surface area contributed by atoms with Crippen molar-refractivity contribution in [1.82, 2.24) is 9.29 Å². The fourth-order valence-electron chi connectivity index (χ4n) is 2.55. The smallest absolute Gasteiger partial charge is 0.275 e. The SMILES string of the molecule is COc1ccc(C(=O)Nc2ccncc2C)c2cc(S(=O)(=O)N(C)C)oc12. The maximum Gasteiger partial charge on any atom is 0.275 e. The number of pyridine rings is 1. The quantitative estimate of drug-likeness (QED) is 0.720. The highest BCUT2D eigenvalue weighted by atomic mass is 32.2. The number of sulfonamides is 1. The standard InChI is InChI=1S/C18H19N3O5S/c1-11-10-19-8-7-14(11)20-18(22)12-5-6-15(25-4)17-13(12)9-16(26-17)27(23,24)21(2)3/h5-10H,1-4H3,(H,19,20,22). The van der Waals surface area contributed by atoms with Gasteiger partial charge in [0.05, 0.1) is 12.7 Å². The van der Waals surface area contributed by atoms with Crippen LogP contribution in [0.1, 0.15) is 15.9 Å². The molecule has 0 saturated carbocycles. The Labute approximate surface area is 156 Å². The zero-order valence-corrected chi connectivity index (χ0v) is 16.1. The Morgan fingerprint density at radius 3 is 2.63 bits per heavy atom. The summed E-state index contributed by atoms with van der Waals surface area (Å²) in [5.41, 5.74) is 1.88. The number of hydrogen-bond acceptors (Lipinski definition) is 6. The first-order valence-electron chi connectivity index (χ1n) is 8.00. The first-order chi connectivity index (χ1) is 12.8. The van der Waals surface area contributed by atoms with E-state index in [0.717, 1.165) is 9.87 Å². The molecule has 142 valence electrons. The molecule has 0 aliphatic carbocycles. The summed E-state index contributed by atoms with van der Waals surface area (Å²) in [7, 11) is 0.446. The molecule has 1 aromatic carbocycles. The van der Waals surface area contributed by atoms with Crippen molar-refractivity contribution in [3.8, 4) is 5.75 Å². The average molecular weight is 389 g/mol. The van der Waals surface area contributed by atoms with Crippen molar-refractivity contribution in [3.63, 3.8) is 0 Å². The molecule has 0 aliphatic rings. The summed E-state index contributed by atoms with van der Waals surface area (Å²) in [6.45, 7) is 1.83. The summed E-state index contributed by atoms with van der Waals surface area (Å²) in [4.78, 5) is 16.8. The molecule has 27 heavy (non-hydrogen) atoms. The number of nitrogens with zero attached hydrogens (tertiary/aromatic N) is 2. The van der Waals surface area contributed by atoms with Gasteiger partial charge in [-0.3, -0.25) is 9.78 Å². The van der Waals surface area contributed by atoms with Gasteiger partial charge >= 0.3 is 0 Å². The van der Waals surface area contributed by atoms with E-state index < -0.39 is 15.9 Å². The second-order valence-corrected chi connectivity index (χ2v) is 8.14. The number of hydrogen-bond donors (Lipinski definition) is 1. The van der Waals surface area contributed by atoms with Crippen LogP contribution in [0.4, 0.5) is 5.69 Å². The number of furan rings is 1. The molecule has 9 heteroatoms. The van der Waals surface area contributed by atoms with Gasteiger partial charge in [0.25, 0.3) is 15.9 Å². The van der Waals surface area contributed by atoms with Crippen LogP contribution in [-0.2, 0) is 10.0 Å². The number of carbonyl (C=O) groups is 1. The van der Waals surface area contributed by atoms with Crippen molar-refractivity contribution >= 4 is 32.6 Å². The van der Waals surface area contributed by atoms with Gasteiger partial charge in [-0.25, -0.2) is 12.7 Å². The van der Waals surface area contributed by atoms with Crippen molar-refractivity contribution in [2.45, 2.75) is 12.0 Å².